The second-order valence-electron chi connectivity index (χ2n) is 6.71. The molecule has 0 unspecified atom stereocenters. The number of benzene rings is 1. The molecule has 0 bridgehead atoms. The molecule has 26 heavy (non-hydrogen) atoms. The fourth-order valence-electron chi connectivity index (χ4n) is 3.22. The molecule has 2 heterocycles. The maximum Gasteiger partial charge on any atom is 0.277 e. The highest BCUT2D eigenvalue weighted by Crippen LogP contribution is 2.27. The van der Waals surface area contributed by atoms with Crippen molar-refractivity contribution in [3.63, 3.8) is 0 Å². The molecule has 1 aliphatic heterocycles. The largest absolute Gasteiger partial charge is 0.411 e. The summed E-state index contributed by atoms with van der Waals surface area (Å²) in [4.78, 5) is 24.7. The van der Waals surface area contributed by atoms with Crippen LogP contribution in [0.15, 0.2) is 33.9 Å². The van der Waals surface area contributed by atoms with Crippen molar-refractivity contribution in [1.82, 2.24) is 15.1 Å². The Kier molecular flexibility index (Phi) is 5.55. The SMILES string of the molecule is C[C@H]1C[C@H](C)CN(C(=O)CSc2nnc(-c3cccc([N+](=O)[O-])c3)o2)C1. The number of aromatic nitrogens is 2. The molecule has 8 nitrogen and oxygen atoms in total. The molecule has 2 aromatic rings. The van der Waals surface area contributed by atoms with Crippen molar-refractivity contribution in [2.45, 2.75) is 25.5 Å². The molecular weight excluding hydrogens is 356 g/mol. The normalized spacial score (nSPS) is 20.2. The van der Waals surface area contributed by atoms with E-state index in [9.17, 15) is 14.9 Å². The summed E-state index contributed by atoms with van der Waals surface area (Å²) >= 11 is 1.19. The smallest absolute Gasteiger partial charge is 0.277 e. The van der Waals surface area contributed by atoms with Gasteiger partial charge in [0.15, 0.2) is 0 Å². The summed E-state index contributed by atoms with van der Waals surface area (Å²) in [5.41, 5.74) is 0.432. The Hall–Kier alpha value is -2.42. The van der Waals surface area contributed by atoms with Crippen LogP contribution in [0, 0.1) is 22.0 Å². The van der Waals surface area contributed by atoms with E-state index in [4.69, 9.17) is 4.42 Å². The molecule has 138 valence electrons. The Labute approximate surface area is 155 Å². The van der Waals surface area contributed by atoms with E-state index in [2.05, 4.69) is 24.0 Å². The van der Waals surface area contributed by atoms with E-state index >= 15 is 0 Å². The molecule has 1 aromatic heterocycles. The number of nitro benzene ring substituents is 1. The summed E-state index contributed by atoms with van der Waals surface area (Å²) < 4.78 is 5.53. The molecule has 1 amide bonds. The first kappa shape index (κ1) is 18.4. The summed E-state index contributed by atoms with van der Waals surface area (Å²) in [6, 6.07) is 6.00. The molecule has 0 N–H and O–H groups in total. The quantitative estimate of drug-likeness (QED) is 0.448. The molecule has 0 radical (unpaired) electrons. The Morgan fingerprint density at radius 2 is 2.08 bits per heavy atom. The second-order valence-corrected chi connectivity index (χ2v) is 7.64. The Morgan fingerprint density at radius 3 is 2.77 bits per heavy atom. The van der Waals surface area contributed by atoms with Crippen LogP contribution in [0.25, 0.3) is 11.5 Å². The fraction of sp³-hybridized carbons (Fsp3) is 0.471. The topological polar surface area (TPSA) is 102 Å². The van der Waals surface area contributed by atoms with Crippen LogP contribution >= 0.6 is 11.8 Å². The van der Waals surface area contributed by atoms with Gasteiger partial charge in [-0.3, -0.25) is 14.9 Å². The fourth-order valence-corrected chi connectivity index (χ4v) is 3.88. The molecule has 1 fully saturated rings. The van der Waals surface area contributed by atoms with E-state index in [-0.39, 0.29) is 28.5 Å². The number of carbonyl (C=O) groups is 1. The van der Waals surface area contributed by atoms with Crippen LogP contribution in [0.4, 0.5) is 5.69 Å². The highest BCUT2D eigenvalue weighted by Gasteiger charge is 2.25. The highest BCUT2D eigenvalue weighted by atomic mass is 32.2. The zero-order valence-corrected chi connectivity index (χ0v) is 15.4. The van der Waals surface area contributed by atoms with Crippen LogP contribution in [-0.4, -0.2) is 44.8 Å². The van der Waals surface area contributed by atoms with E-state index in [1.54, 1.807) is 12.1 Å². The lowest BCUT2D eigenvalue weighted by Crippen LogP contribution is -2.43. The highest BCUT2D eigenvalue weighted by molar-refractivity contribution is 7.99. The van der Waals surface area contributed by atoms with Crippen LogP contribution in [0.3, 0.4) is 0 Å². The van der Waals surface area contributed by atoms with E-state index < -0.39 is 4.92 Å². The van der Waals surface area contributed by atoms with Gasteiger partial charge in [0.05, 0.1) is 10.7 Å². The Morgan fingerprint density at radius 1 is 1.35 bits per heavy atom. The van der Waals surface area contributed by atoms with Crippen LogP contribution in [0.1, 0.15) is 20.3 Å². The number of nitro groups is 1. The van der Waals surface area contributed by atoms with Gasteiger partial charge in [-0.15, -0.1) is 10.2 Å². The number of non-ortho nitro benzene ring substituents is 1. The Bertz CT molecular complexity index is 800. The predicted octanol–water partition coefficient (Wildman–Crippen LogP) is 3.24. The molecule has 1 aliphatic rings. The van der Waals surface area contributed by atoms with Gasteiger partial charge in [-0.05, 0) is 24.3 Å². The number of carbonyl (C=O) groups excluding carboxylic acids is 1. The van der Waals surface area contributed by atoms with Crippen molar-refractivity contribution in [3.8, 4) is 11.5 Å². The zero-order chi connectivity index (χ0) is 18.7. The molecule has 3 rings (SSSR count). The van der Waals surface area contributed by atoms with Gasteiger partial charge in [0.1, 0.15) is 0 Å². The first-order valence-electron chi connectivity index (χ1n) is 8.41. The minimum absolute atomic E-state index is 0.0431. The first-order valence-corrected chi connectivity index (χ1v) is 9.40. The maximum absolute atomic E-state index is 12.4. The lowest BCUT2D eigenvalue weighted by molar-refractivity contribution is -0.384. The number of thioether (sulfide) groups is 1. The predicted molar refractivity (Wildman–Crippen MR) is 96.6 cm³/mol. The maximum atomic E-state index is 12.4. The van der Waals surface area contributed by atoms with Gasteiger partial charge in [0.2, 0.25) is 11.8 Å². The zero-order valence-electron chi connectivity index (χ0n) is 14.6. The van der Waals surface area contributed by atoms with Crippen LogP contribution in [0.5, 0.6) is 0 Å². The van der Waals surface area contributed by atoms with Gasteiger partial charge >= 0.3 is 0 Å². The average Bonchev–Trinajstić information content (AvgIpc) is 3.08. The van der Waals surface area contributed by atoms with Gasteiger partial charge in [-0.1, -0.05) is 31.7 Å². The monoisotopic (exact) mass is 376 g/mol. The molecule has 1 saturated heterocycles. The molecule has 1 aromatic carbocycles. The summed E-state index contributed by atoms with van der Waals surface area (Å²) in [5, 5.41) is 19.0. The minimum atomic E-state index is -0.477. The van der Waals surface area contributed by atoms with Crippen molar-refractivity contribution < 1.29 is 14.1 Å². The minimum Gasteiger partial charge on any atom is -0.411 e. The first-order chi connectivity index (χ1) is 12.4. The number of rotatable bonds is 5. The van der Waals surface area contributed by atoms with Crippen molar-refractivity contribution in [2.24, 2.45) is 11.8 Å². The molecule has 2 atom stereocenters. The van der Waals surface area contributed by atoms with Crippen molar-refractivity contribution >= 4 is 23.4 Å². The van der Waals surface area contributed by atoms with Gasteiger partial charge in [-0.2, -0.15) is 0 Å². The van der Waals surface area contributed by atoms with E-state index in [1.165, 1.54) is 23.9 Å². The average molecular weight is 376 g/mol. The van der Waals surface area contributed by atoms with Crippen molar-refractivity contribution in [2.75, 3.05) is 18.8 Å². The molecule has 0 spiro atoms. The van der Waals surface area contributed by atoms with E-state index in [0.29, 0.717) is 17.4 Å². The van der Waals surface area contributed by atoms with Gasteiger partial charge in [0, 0.05) is 30.8 Å². The molecule has 0 aliphatic carbocycles. The van der Waals surface area contributed by atoms with Crippen molar-refractivity contribution in [3.05, 3.63) is 34.4 Å². The lowest BCUT2D eigenvalue weighted by Gasteiger charge is -2.34. The third-order valence-corrected chi connectivity index (χ3v) is 5.05. The second kappa shape index (κ2) is 7.86. The molecule has 0 saturated carbocycles. The number of amides is 1. The van der Waals surface area contributed by atoms with E-state index in [0.717, 1.165) is 19.5 Å². The number of hydrogen-bond acceptors (Lipinski definition) is 7. The standard InChI is InChI=1S/C17H20N4O4S/c1-11-6-12(2)9-20(8-11)15(22)10-26-17-19-18-16(25-17)13-4-3-5-14(7-13)21(23)24/h3-5,7,11-12H,6,8-10H2,1-2H3/t11-,12-/m0/s1. The lowest BCUT2D eigenvalue weighted by atomic mass is 9.92. The summed E-state index contributed by atoms with van der Waals surface area (Å²) in [5.74, 6) is 1.51. The van der Waals surface area contributed by atoms with Crippen LogP contribution in [-0.2, 0) is 4.79 Å². The summed E-state index contributed by atoms with van der Waals surface area (Å²) in [6.45, 7) is 5.89. The molecule has 9 heteroatoms. The van der Waals surface area contributed by atoms with Gasteiger partial charge in [-0.25, -0.2) is 0 Å². The van der Waals surface area contributed by atoms with Gasteiger partial charge < -0.3 is 9.32 Å². The third kappa shape index (κ3) is 4.40. The van der Waals surface area contributed by atoms with E-state index in [1.807, 2.05) is 4.90 Å². The summed E-state index contributed by atoms with van der Waals surface area (Å²) in [7, 11) is 0. The molecular formula is C17H20N4O4S. The summed E-state index contributed by atoms with van der Waals surface area (Å²) in [6.07, 6.45) is 1.15. The number of likely N-dealkylation sites (tertiary alicyclic amines) is 1. The number of hydrogen-bond donors (Lipinski definition) is 0. The third-order valence-electron chi connectivity index (χ3n) is 4.25. The van der Waals surface area contributed by atoms with Crippen LogP contribution in [0.2, 0.25) is 0 Å². The number of piperidine rings is 1. The number of nitrogens with zero attached hydrogens (tertiary/aromatic N) is 4. The van der Waals surface area contributed by atoms with Crippen LogP contribution < -0.4 is 0 Å². The van der Waals surface area contributed by atoms with Gasteiger partial charge in [0.25, 0.3) is 10.9 Å². The Balaban J connectivity index is 1.61. The van der Waals surface area contributed by atoms with Crippen molar-refractivity contribution in [1.29, 1.82) is 0 Å².